The Morgan fingerprint density at radius 2 is 2.00 bits per heavy atom. The van der Waals surface area contributed by atoms with Gasteiger partial charge >= 0.3 is 5.97 Å². The van der Waals surface area contributed by atoms with Crippen LogP contribution in [0, 0.1) is 13.8 Å². The number of carboxylic acids is 1. The van der Waals surface area contributed by atoms with Crippen molar-refractivity contribution in [3.63, 3.8) is 0 Å². The highest BCUT2D eigenvalue weighted by Crippen LogP contribution is 2.40. The highest BCUT2D eigenvalue weighted by molar-refractivity contribution is 5.90. The number of aryl methyl sites for hydroxylation is 2. The molecular weight excluding hydrogens is 180 g/mol. The normalized spacial score (nSPS) is 15.6. The zero-order valence-corrected chi connectivity index (χ0v) is 8.24. The van der Waals surface area contributed by atoms with Crippen LogP contribution in [0.3, 0.4) is 0 Å². The molecule has 0 spiro atoms. The van der Waals surface area contributed by atoms with Gasteiger partial charge in [0.05, 0.1) is 11.4 Å². The average Bonchev–Trinajstić information content (AvgIpc) is 2.82. The molecule has 74 valence electrons. The highest BCUT2D eigenvalue weighted by Gasteiger charge is 2.31. The quantitative estimate of drug-likeness (QED) is 0.774. The van der Waals surface area contributed by atoms with E-state index in [1.54, 1.807) is 13.8 Å². The summed E-state index contributed by atoms with van der Waals surface area (Å²) in [6, 6.07) is 0. The van der Waals surface area contributed by atoms with Crippen molar-refractivity contribution in [2.24, 2.45) is 0 Å². The number of hydrogen-bond donors (Lipinski definition) is 1. The Kier molecular flexibility index (Phi) is 1.98. The van der Waals surface area contributed by atoms with Crippen molar-refractivity contribution in [1.82, 2.24) is 9.97 Å². The van der Waals surface area contributed by atoms with Crippen molar-refractivity contribution >= 4 is 5.97 Å². The molecule has 4 heteroatoms. The standard InChI is InChI=1S/C10H12N2O2/c1-5-8(10(13)14)9(7-3-4-7)12-6(2)11-5/h7H,3-4H2,1-2H3,(H,13,14). The van der Waals surface area contributed by atoms with Gasteiger partial charge in [0.1, 0.15) is 11.4 Å². The van der Waals surface area contributed by atoms with E-state index in [0.717, 1.165) is 18.5 Å². The van der Waals surface area contributed by atoms with Crippen LogP contribution in [-0.4, -0.2) is 21.0 Å². The molecule has 0 aliphatic heterocycles. The van der Waals surface area contributed by atoms with E-state index in [0.29, 0.717) is 23.0 Å². The Hall–Kier alpha value is -1.45. The molecule has 0 saturated heterocycles. The van der Waals surface area contributed by atoms with Gasteiger partial charge in [-0.3, -0.25) is 0 Å². The number of carbonyl (C=O) groups is 1. The molecule has 1 saturated carbocycles. The fourth-order valence-electron chi connectivity index (χ4n) is 1.66. The lowest BCUT2D eigenvalue weighted by Gasteiger charge is -2.07. The molecule has 1 aliphatic carbocycles. The van der Waals surface area contributed by atoms with Gasteiger partial charge in [0.15, 0.2) is 0 Å². The summed E-state index contributed by atoms with van der Waals surface area (Å²) in [4.78, 5) is 19.3. The Bertz CT molecular complexity index is 397. The van der Waals surface area contributed by atoms with Crippen molar-refractivity contribution in [1.29, 1.82) is 0 Å². The highest BCUT2D eigenvalue weighted by atomic mass is 16.4. The minimum Gasteiger partial charge on any atom is -0.478 e. The van der Waals surface area contributed by atoms with Crippen molar-refractivity contribution < 1.29 is 9.90 Å². The van der Waals surface area contributed by atoms with Crippen LogP contribution in [0.5, 0.6) is 0 Å². The number of aromatic nitrogens is 2. The second kappa shape index (κ2) is 3.04. The van der Waals surface area contributed by atoms with Gasteiger partial charge in [-0.2, -0.15) is 0 Å². The molecule has 0 atom stereocenters. The summed E-state index contributed by atoms with van der Waals surface area (Å²) < 4.78 is 0. The summed E-state index contributed by atoms with van der Waals surface area (Å²) in [5.74, 6) is 0.0975. The van der Waals surface area contributed by atoms with Gasteiger partial charge in [-0.25, -0.2) is 14.8 Å². The van der Waals surface area contributed by atoms with Crippen LogP contribution in [0.2, 0.25) is 0 Å². The smallest absolute Gasteiger partial charge is 0.339 e. The molecule has 2 rings (SSSR count). The van der Waals surface area contributed by atoms with Crippen molar-refractivity contribution in [3.05, 3.63) is 22.8 Å². The van der Waals surface area contributed by atoms with E-state index in [-0.39, 0.29) is 0 Å². The molecule has 4 nitrogen and oxygen atoms in total. The molecule has 1 heterocycles. The first kappa shape index (κ1) is 9.12. The molecule has 1 aromatic rings. The van der Waals surface area contributed by atoms with Crippen LogP contribution >= 0.6 is 0 Å². The third-order valence-corrected chi connectivity index (χ3v) is 2.41. The van der Waals surface area contributed by atoms with Crippen molar-refractivity contribution in [3.8, 4) is 0 Å². The molecule has 1 aliphatic rings. The van der Waals surface area contributed by atoms with Crippen molar-refractivity contribution in [2.75, 3.05) is 0 Å². The van der Waals surface area contributed by atoms with E-state index in [4.69, 9.17) is 5.11 Å². The number of rotatable bonds is 2. The third-order valence-electron chi connectivity index (χ3n) is 2.41. The maximum atomic E-state index is 11.0. The fourth-order valence-corrected chi connectivity index (χ4v) is 1.66. The zero-order chi connectivity index (χ0) is 10.3. The Balaban J connectivity index is 2.58. The molecule has 0 bridgehead atoms. The predicted octanol–water partition coefficient (Wildman–Crippen LogP) is 1.67. The van der Waals surface area contributed by atoms with Gasteiger partial charge in [0.25, 0.3) is 0 Å². The number of nitrogens with zero attached hydrogens (tertiary/aromatic N) is 2. The van der Waals surface area contributed by atoms with Crippen LogP contribution in [0.1, 0.15) is 46.3 Å². The Labute approximate surface area is 82.0 Å². The molecule has 0 unspecified atom stereocenters. The van der Waals surface area contributed by atoms with E-state index in [9.17, 15) is 4.79 Å². The van der Waals surface area contributed by atoms with E-state index in [1.165, 1.54) is 0 Å². The summed E-state index contributed by atoms with van der Waals surface area (Å²) in [5.41, 5.74) is 1.60. The molecular formula is C10H12N2O2. The van der Waals surface area contributed by atoms with Crippen LogP contribution in [0.4, 0.5) is 0 Å². The number of carboxylic acid groups (broad SMARTS) is 1. The van der Waals surface area contributed by atoms with Gasteiger partial charge in [-0.1, -0.05) is 0 Å². The maximum Gasteiger partial charge on any atom is 0.339 e. The van der Waals surface area contributed by atoms with Crippen LogP contribution in [0.15, 0.2) is 0 Å². The first-order chi connectivity index (χ1) is 6.59. The zero-order valence-electron chi connectivity index (χ0n) is 8.24. The van der Waals surface area contributed by atoms with Crippen LogP contribution < -0.4 is 0 Å². The average molecular weight is 192 g/mol. The summed E-state index contributed by atoms with van der Waals surface area (Å²) >= 11 is 0. The topological polar surface area (TPSA) is 63.1 Å². The first-order valence-electron chi connectivity index (χ1n) is 4.68. The van der Waals surface area contributed by atoms with Crippen LogP contribution in [-0.2, 0) is 0 Å². The fraction of sp³-hybridized carbons (Fsp3) is 0.500. The van der Waals surface area contributed by atoms with Crippen LogP contribution in [0.25, 0.3) is 0 Å². The first-order valence-corrected chi connectivity index (χ1v) is 4.68. The molecule has 1 fully saturated rings. The largest absolute Gasteiger partial charge is 0.478 e. The van der Waals surface area contributed by atoms with Gasteiger partial charge < -0.3 is 5.11 Å². The van der Waals surface area contributed by atoms with E-state index >= 15 is 0 Å². The lowest BCUT2D eigenvalue weighted by Crippen LogP contribution is -2.10. The van der Waals surface area contributed by atoms with Gasteiger partial charge in [-0.15, -0.1) is 0 Å². The Morgan fingerprint density at radius 1 is 1.36 bits per heavy atom. The lowest BCUT2D eigenvalue weighted by atomic mass is 10.1. The second-order valence-corrected chi connectivity index (χ2v) is 3.70. The summed E-state index contributed by atoms with van der Waals surface area (Å²) in [6.07, 6.45) is 2.10. The van der Waals surface area contributed by atoms with E-state index < -0.39 is 5.97 Å². The summed E-state index contributed by atoms with van der Waals surface area (Å²) in [5, 5.41) is 9.03. The predicted molar refractivity (Wildman–Crippen MR) is 50.4 cm³/mol. The summed E-state index contributed by atoms with van der Waals surface area (Å²) in [7, 11) is 0. The van der Waals surface area contributed by atoms with Gasteiger partial charge in [0, 0.05) is 5.92 Å². The maximum absolute atomic E-state index is 11.0. The molecule has 1 N–H and O–H groups in total. The molecule has 0 amide bonds. The molecule has 0 aromatic carbocycles. The molecule has 14 heavy (non-hydrogen) atoms. The SMILES string of the molecule is Cc1nc(C)c(C(=O)O)c(C2CC2)n1. The second-order valence-electron chi connectivity index (χ2n) is 3.70. The minimum absolute atomic E-state index is 0.304. The van der Waals surface area contributed by atoms with Gasteiger partial charge in [0.2, 0.25) is 0 Å². The van der Waals surface area contributed by atoms with E-state index in [2.05, 4.69) is 9.97 Å². The number of hydrogen-bond acceptors (Lipinski definition) is 3. The minimum atomic E-state index is -0.913. The third kappa shape index (κ3) is 1.47. The van der Waals surface area contributed by atoms with Gasteiger partial charge in [-0.05, 0) is 26.7 Å². The summed E-state index contributed by atoms with van der Waals surface area (Å²) in [6.45, 7) is 3.52. The van der Waals surface area contributed by atoms with Crippen molar-refractivity contribution in [2.45, 2.75) is 32.6 Å². The molecule has 0 radical (unpaired) electrons. The van der Waals surface area contributed by atoms with E-state index in [1.807, 2.05) is 0 Å². The molecule has 1 aromatic heterocycles. The monoisotopic (exact) mass is 192 g/mol. The number of aromatic carboxylic acids is 1. The lowest BCUT2D eigenvalue weighted by molar-refractivity contribution is 0.0693. The Morgan fingerprint density at radius 3 is 2.50 bits per heavy atom.